The van der Waals surface area contributed by atoms with Gasteiger partial charge in [0.15, 0.2) is 0 Å². The second-order valence-corrected chi connectivity index (χ2v) is 21.1. The fraction of sp³-hybridized carbons (Fsp3) is 0.111. The molecule has 2 heterocycles. The Hall–Kier alpha value is -8.07. The molecule has 0 atom stereocenters. The van der Waals surface area contributed by atoms with Gasteiger partial charge in [0.2, 0.25) is 0 Å². The van der Waals surface area contributed by atoms with Crippen LogP contribution in [0.5, 0.6) is 0 Å². The Morgan fingerprint density at radius 2 is 0.787 bits per heavy atom. The van der Waals surface area contributed by atoms with Crippen molar-refractivity contribution in [1.82, 2.24) is 9.97 Å². The predicted molar refractivity (Wildman–Crippen MR) is 309 cm³/mol. The minimum atomic E-state index is 0. The maximum Gasteiger partial charge on any atom is 0.0163 e. The first-order valence-corrected chi connectivity index (χ1v) is 25.4. The van der Waals surface area contributed by atoms with E-state index in [2.05, 4.69) is 260 Å². The standard InChI is InChI=1S/C72H56N2.Ir/c1-71(2,3)59-22-18-21-54(46-59)49-30-32-51(33-31-49)61-23-10-12-25-63(61)56-43-57(64-26-13-11-24-62(64)52-34-36-53(37-35-52)70-48-60(40-42-74-70)72(4,5)6)45-58(44-56)65-27-14-15-28-66(65)67-39-38-55(69-29-16-17-41-73-69)47-68(67)50-19-8-7-9-20-50;/h7-20,22-30,32-36,39-48H,1-6H3;/q-4;. The zero-order valence-electron chi connectivity index (χ0n) is 43.2. The van der Waals surface area contributed by atoms with Crippen molar-refractivity contribution in [2.24, 2.45) is 0 Å². The average molecular weight is 1140 g/mol. The van der Waals surface area contributed by atoms with E-state index < -0.39 is 0 Å². The van der Waals surface area contributed by atoms with Crippen molar-refractivity contribution in [2.45, 2.75) is 52.4 Å². The van der Waals surface area contributed by atoms with Gasteiger partial charge in [0.05, 0.1) is 0 Å². The number of rotatable bonds is 10. The van der Waals surface area contributed by atoms with Crippen molar-refractivity contribution >= 4 is 0 Å². The van der Waals surface area contributed by atoms with Crippen LogP contribution in [-0.4, -0.2) is 9.97 Å². The van der Waals surface area contributed by atoms with Crippen molar-refractivity contribution in [3.63, 3.8) is 0 Å². The Morgan fingerprint density at radius 1 is 0.293 bits per heavy atom. The third-order valence-corrected chi connectivity index (χ3v) is 14.0. The van der Waals surface area contributed by atoms with E-state index in [0.717, 1.165) is 112 Å². The Bertz CT molecular complexity index is 3610. The van der Waals surface area contributed by atoms with Crippen LogP contribution in [0.2, 0.25) is 0 Å². The van der Waals surface area contributed by atoms with Crippen molar-refractivity contribution in [2.75, 3.05) is 0 Å². The first-order valence-electron chi connectivity index (χ1n) is 25.4. The topological polar surface area (TPSA) is 25.8 Å². The Labute approximate surface area is 457 Å². The molecule has 2 aromatic heterocycles. The second-order valence-electron chi connectivity index (χ2n) is 21.1. The molecule has 0 N–H and O–H groups in total. The van der Waals surface area contributed by atoms with Gasteiger partial charge in [-0.15, -0.1) is 82.9 Å². The normalized spacial score (nSPS) is 11.5. The number of pyridine rings is 2. The molecule has 11 aromatic rings. The summed E-state index contributed by atoms with van der Waals surface area (Å²) in [6, 6.07) is 92.5. The van der Waals surface area contributed by atoms with E-state index in [9.17, 15) is 0 Å². The van der Waals surface area contributed by atoms with E-state index in [4.69, 9.17) is 9.97 Å². The fourth-order valence-electron chi connectivity index (χ4n) is 9.92. The fourth-order valence-corrected chi connectivity index (χ4v) is 9.92. The van der Waals surface area contributed by atoms with E-state index in [1.54, 1.807) is 0 Å². The van der Waals surface area contributed by atoms with Crippen molar-refractivity contribution in [3.05, 3.63) is 266 Å². The molecular formula is C72H56IrN2-4. The second kappa shape index (κ2) is 21.4. The van der Waals surface area contributed by atoms with Gasteiger partial charge in [-0.1, -0.05) is 196 Å². The molecule has 0 spiro atoms. The van der Waals surface area contributed by atoms with Crippen LogP contribution >= 0.6 is 0 Å². The van der Waals surface area contributed by atoms with E-state index in [1.807, 2.05) is 36.7 Å². The summed E-state index contributed by atoms with van der Waals surface area (Å²) < 4.78 is 0. The number of nitrogens with zero attached hydrogens (tertiary/aromatic N) is 2. The van der Waals surface area contributed by atoms with Crippen molar-refractivity contribution < 1.29 is 20.1 Å². The summed E-state index contributed by atoms with van der Waals surface area (Å²) in [6.45, 7) is 13.4. The largest absolute Gasteiger partial charge is 0.305 e. The Balaban J connectivity index is 0.00000641. The number of aromatic nitrogens is 2. The Morgan fingerprint density at radius 3 is 1.33 bits per heavy atom. The van der Waals surface area contributed by atoms with Gasteiger partial charge in [-0.25, -0.2) is 11.1 Å². The smallest absolute Gasteiger partial charge is 0.0163 e. The van der Waals surface area contributed by atoms with E-state index in [1.165, 1.54) is 11.1 Å². The minimum Gasteiger partial charge on any atom is -0.305 e. The molecule has 0 saturated heterocycles. The summed E-state index contributed by atoms with van der Waals surface area (Å²) in [5.41, 5.74) is 24.0. The van der Waals surface area contributed by atoms with Gasteiger partial charge in [-0.2, -0.15) is 30.3 Å². The zero-order chi connectivity index (χ0) is 50.8. The van der Waals surface area contributed by atoms with Crippen LogP contribution in [0.1, 0.15) is 52.7 Å². The van der Waals surface area contributed by atoms with Gasteiger partial charge in [0.1, 0.15) is 0 Å². The van der Waals surface area contributed by atoms with Crippen LogP contribution in [0.3, 0.4) is 0 Å². The SMILES string of the molecule is CC(C)(C)c1cc[c-]c(-c2[c-]cc(-c3ccccc3-c3cc(-c4ccccc4-c4c[c-]c(-c5cc(C(C)(C)C)ccn5)cc4)cc(-c4ccccc4-c4c[c-]c(-c5ccccn5)cc4-c4ccccc4)c3)cc2)c1.[Ir]. The molecule has 1 radical (unpaired) electrons. The van der Waals surface area contributed by atoms with Gasteiger partial charge in [0.25, 0.3) is 0 Å². The van der Waals surface area contributed by atoms with E-state index in [0.29, 0.717) is 0 Å². The summed E-state index contributed by atoms with van der Waals surface area (Å²) in [5.74, 6) is 0. The van der Waals surface area contributed by atoms with E-state index >= 15 is 0 Å². The van der Waals surface area contributed by atoms with Gasteiger partial charge in [-0.3, -0.25) is 0 Å². The summed E-state index contributed by atoms with van der Waals surface area (Å²) in [5, 5.41) is 0. The molecule has 75 heavy (non-hydrogen) atoms. The molecule has 0 aliphatic carbocycles. The maximum absolute atomic E-state index is 4.76. The van der Waals surface area contributed by atoms with Gasteiger partial charge in [0, 0.05) is 32.5 Å². The van der Waals surface area contributed by atoms with Crippen LogP contribution in [0.15, 0.2) is 231 Å². The molecule has 367 valence electrons. The first-order chi connectivity index (χ1) is 35.9. The monoisotopic (exact) mass is 1140 g/mol. The van der Waals surface area contributed by atoms with Crippen molar-refractivity contribution in [1.29, 1.82) is 0 Å². The number of hydrogen-bond acceptors (Lipinski definition) is 2. The van der Waals surface area contributed by atoms with Gasteiger partial charge >= 0.3 is 0 Å². The molecule has 0 bridgehead atoms. The molecule has 0 saturated carbocycles. The molecule has 0 amide bonds. The maximum atomic E-state index is 4.76. The van der Waals surface area contributed by atoms with Crippen LogP contribution in [-0.2, 0) is 30.9 Å². The summed E-state index contributed by atoms with van der Waals surface area (Å²) >= 11 is 0. The molecule has 2 nitrogen and oxygen atoms in total. The third kappa shape index (κ3) is 10.8. The average Bonchev–Trinajstić information content (AvgIpc) is 3.45. The summed E-state index contributed by atoms with van der Waals surface area (Å²) in [7, 11) is 0. The first kappa shape index (κ1) is 50.5. The van der Waals surface area contributed by atoms with Crippen LogP contribution in [0.25, 0.3) is 112 Å². The van der Waals surface area contributed by atoms with Crippen LogP contribution < -0.4 is 0 Å². The molecule has 3 heteroatoms. The summed E-state index contributed by atoms with van der Waals surface area (Å²) in [6.07, 6.45) is 3.75. The third-order valence-electron chi connectivity index (χ3n) is 14.0. The number of benzene rings is 9. The van der Waals surface area contributed by atoms with Crippen LogP contribution in [0.4, 0.5) is 0 Å². The van der Waals surface area contributed by atoms with E-state index in [-0.39, 0.29) is 30.9 Å². The summed E-state index contributed by atoms with van der Waals surface area (Å²) in [4.78, 5) is 9.46. The number of hydrogen-bond donors (Lipinski definition) is 0. The van der Waals surface area contributed by atoms with Gasteiger partial charge < -0.3 is 9.97 Å². The zero-order valence-corrected chi connectivity index (χ0v) is 45.6. The molecule has 0 fully saturated rings. The Kier molecular flexibility index (Phi) is 14.4. The molecule has 0 aliphatic heterocycles. The minimum absolute atomic E-state index is 0. The van der Waals surface area contributed by atoms with Crippen LogP contribution in [0, 0.1) is 24.3 Å². The predicted octanol–water partition coefficient (Wildman–Crippen LogP) is 18.9. The van der Waals surface area contributed by atoms with Gasteiger partial charge in [-0.05, 0) is 97.1 Å². The van der Waals surface area contributed by atoms with Crippen molar-refractivity contribution in [3.8, 4) is 112 Å². The quantitative estimate of drug-likeness (QED) is 0.128. The molecule has 0 aliphatic rings. The molecule has 11 rings (SSSR count). The molecule has 9 aromatic carbocycles. The molecular weight excluding hydrogens is 1090 g/mol. The molecule has 0 unspecified atom stereocenters.